The molecule has 1 aromatic heterocycles. The average Bonchev–Trinajstić information content (AvgIpc) is 2.38. The minimum absolute atomic E-state index is 0.180. The van der Waals surface area contributed by atoms with Gasteiger partial charge in [-0.05, 0) is 20.8 Å². The zero-order valence-electron chi connectivity index (χ0n) is 12.4. The standard InChI is InChI=1S/C13H25N5O/c1-6-19-7-9(4)15-12-10(5)13(18-14)17-11(16-12)8(2)3/h8-9H,6-7,14H2,1-5H3,(H2,15,16,17,18). The van der Waals surface area contributed by atoms with Gasteiger partial charge in [0, 0.05) is 24.1 Å². The summed E-state index contributed by atoms with van der Waals surface area (Å²) in [5.74, 6) is 7.98. The molecule has 19 heavy (non-hydrogen) atoms. The molecule has 0 spiro atoms. The van der Waals surface area contributed by atoms with Gasteiger partial charge >= 0.3 is 0 Å². The topological polar surface area (TPSA) is 85.1 Å². The summed E-state index contributed by atoms with van der Waals surface area (Å²) in [6.07, 6.45) is 0. The van der Waals surface area contributed by atoms with Crippen LogP contribution in [-0.2, 0) is 4.74 Å². The number of hydrogen-bond donors (Lipinski definition) is 3. The molecule has 1 aromatic rings. The first kappa shape index (κ1) is 15.7. The van der Waals surface area contributed by atoms with Gasteiger partial charge in [0.15, 0.2) is 0 Å². The molecule has 108 valence electrons. The minimum Gasteiger partial charge on any atom is -0.380 e. The fourth-order valence-electron chi connectivity index (χ4n) is 1.64. The van der Waals surface area contributed by atoms with Crippen LogP contribution in [0.3, 0.4) is 0 Å². The maximum Gasteiger partial charge on any atom is 0.148 e. The molecule has 0 radical (unpaired) electrons. The fraction of sp³-hybridized carbons (Fsp3) is 0.692. The maximum absolute atomic E-state index is 5.51. The van der Waals surface area contributed by atoms with Crippen LogP contribution < -0.4 is 16.6 Å². The van der Waals surface area contributed by atoms with Crippen LogP contribution in [-0.4, -0.2) is 29.2 Å². The summed E-state index contributed by atoms with van der Waals surface area (Å²) in [4.78, 5) is 8.96. The van der Waals surface area contributed by atoms with Gasteiger partial charge in [0.05, 0.1) is 6.61 Å². The number of anilines is 2. The Morgan fingerprint density at radius 1 is 1.21 bits per heavy atom. The largest absolute Gasteiger partial charge is 0.380 e. The van der Waals surface area contributed by atoms with E-state index in [1.54, 1.807) is 0 Å². The van der Waals surface area contributed by atoms with Gasteiger partial charge in [-0.15, -0.1) is 0 Å². The molecule has 6 heteroatoms. The maximum atomic E-state index is 5.51. The highest BCUT2D eigenvalue weighted by Crippen LogP contribution is 2.22. The summed E-state index contributed by atoms with van der Waals surface area (Å²) >= 11 is 0. The van der Waals surface area contributed by atoms with Gasteiger partial charge in [-0.2, -0.15) is 0 Å². The number of nitrogen functional groups attached to an aromatic ring is 1. The number of nitrogens with zero attached hydrogens (tertiary/aromatic N) is 2. The van der Waals surface area contributed by atoms with E-state index in [2.05, 4.69) is 41.5 Å². The van der Waals surface area contributed by atoms with Crippen LogP contribution in [0, 0.1) is 6.92 Å². The first-order chi connectivity index (χ1) is 8.99. The van der Waals surface area contributed by atoms with Crippen molar-refractivity contribution in [1.29, 1.82) is 0 Å². The zero-order valence-corrected chi connectivity index (χ0v) is 12.4. The summed E-state index contributed by atoms with van der Waals surface area (Å²) in [5, 5.41) is 3.34. The van der Waals surface area contributed by atoms with Gasteiger partial charge in [0.2, 0.25) is 0 Å². The monoisotopic (exact) mass is 267 g/mol. The number of rotatable bonds is 7. The summed E-state index contributed by atoms with van der Waals surface area (Å²) in [6, 6.07) is 0.180. The first-order valence-electron chi connectivity index (χ1n) is 6.69. The average molecular weight is 267 g/mol. The SMILES string of the molecule is CCOCC(C)Nc1nc(C(C)C)nc(NN)c1C. The van der Waals surface area contributed by atoms with E-state index in [1.807, 2.05) is 13.8 Å². The summed E-state index contributed by atoms with van der Waals surface area (Å²) in [5.41, 5.74) is 3.54. The van der Waals surface area contributed by atoms with E-state index in [-0.39, 0.29) is 12.0 Å². The second-order valence-corrected chi connectivity index (χ2v) is 4.91. The number of hydrogen-bond acceptors (Lipinski definition) is 6. The minimum atomic E-state index is 0.180. The second kappa shape index (κ2) is 7.25. The number of nitrogens with one attached hydrogen (secondary N) is 2. The summed E-state index contributed by atoms with van der Waals surface area (Å²) < 4.78 is 5.40. The van der Waals surface area contributed by atoms with E-state index in [1.165, 1.54) is 0 Å². The quantitative estimate of drug-likeness (QED) is 0.518. The number of ether oxygens (including phenoxy) is 1. The van der Waals surface area contributed by atoms with Crippen molar-refractivity contribution in [3.05, 3.63) is 11.4 Å². The van der Waals surface area contributed by atoms with Gasteiger partial charge < -0.3 is 15.5 Å². The molecule has 0 aliphatic rings. The Morgan fingerprint density at radius 3 is 2.37 bits per heavy atom. The Kier molecular flexibility index (Phi) is 5.98. The van der Waals surface area contributed by atoms with Crippen molar-refractivity contribution in [3.8, 4) is 0 Å². The van der Waals surface area contributed by atoms with Crippen molar-refractivity contribution in [2.45, 2.75) is 46.6 Å². The molecule has 1 atom stereocenters. The van der Waals surface area contributed by atoms with Crippen LogP contribution in [0.15, 0.2) is 0 Å². The Hall–Kier alpha value is -1.40. The van der Waals surface area contributed by atoms with E-state index in [9.17, 15) is 0 Å². The third-order valence-corrected chi connectivity index (χ3v) is 2.77. The van der Waals surface area contributed by atoms with Gasteiger partial charge in [-0.3, -0.25) is 0 Å². The highest BCUT2D eigenvalue weighted by atomic mass is 16.5. The lowest BCUT2D eigenvalue weighted by Crippen LogP contribution is -2.24. The van der Waals surface area contributed by atoms with Gasteiger partial charge in [0.25, 0.3) is 0 Å². The molecule has 1 heterocycles. The molecule has 0 fully saturated rings. The Labute approximate surface area is 115 Å². The van der Waals surface area contributed by atoms with Crippen LogP contribution in [0.2, 0.25) is 0 Å². The number of aromatic nitrogens is 2. The van der Waals surface area contributed by atoms with E-state index in [0.29, 0.717) is 19.0 Å². The van der Waals surface area contributed by atoms with E-state index in [4.69, 9.17) is 10.6 Å². The Balaban J connectivity index is 2.94. The summed E-state index contributed by atoms with van der Waals surface area (Å²) in [7, 11) is 0. The normalized spacial score (nSPS) is 12.6. The van der Waals surface area contributed by atoms with Crippen molar-refractivity contribution in [1.82, 2.24) is 9.97 Å². The van der Waals surface area contributed by atoms with Gasteiger partial charge in [-0.1, -0.05) is 13.8 Å². The highest BCUT2D eigenvalue weighted by Gasteiger charge is 2.14. The van der Waals surface area contributed by atoms with Crippen molar-refractivity contribution in [2.75, 3.05) is 24.0 Å². The molecule has 0 saturated heterocycles. The first-order valence-corrected chi connectivity index (χ1v) is 6.69. The number of nitrogens with two attached hydrogens (primary N) is 1. The molecular weight excluding hydrogens is 242 g/mol. The molecular formula is C13H25N5O. The van der Waals surface area contributed by atoms with E-state index < -0.39 is 0 Å². The van der Waals surface area contributed by atoms with Crippen LogP contribution >= 0.6 is 0 Å². The van der Waals surface area contributed by atoms with Crippen LogP contribution in [0.5, 0.6) is 0 Å². The lowest BCUT2D eigenvalue weighted by molar-refractivity contribution is 0.141. The fourth-order valence-corrected chi connectivity index (χ4v) is 1.64. The second-order valence-electron chi connectivity index (χ2n) is 4.91. The molecule has 4 N–H and O–H groups in total. The van der Waals surface area contributed by atoms with Crippen molar-refractivity contribution in [3.63, 3.8) is 0 Å². The Morgan fingerprint density at radius 2 is 1.84 bits per heavy atom. The summed E-state index contributed by atoms with van der Waals surface area (Å²) in [6.45, 7) is 11.4. The highest BCUT2D eigenvalue weighted by molar-refractivity contribution is 5.57. The molecule has 1 rings (SSSR count). The Bertz CT molecular complexity index is 408. The van der Waals surface area contributed by atoms with E-state index in [0.717, 1.165) is 17.2 Å². The predicted octanol–water partition coefficient (Wildman–Crippen LogP) is 2.03. The molecule has 0 aliphatic heterocycles. The molecule has 6 nitrogen and oxygen atoms in total. The van der Waals surface area contributed by atoms with Crippen molar-refractivity contribution < 1.29 is 4.74 Å². The molecule has 0 bridgehead atoms. The van der Waals surface area contributed by atoms with Gasteiger partial charge in [-0.25, -0.2) is 15.8 Å². The lowest BCUT2D eigenvalue weighted by Gasteiger charge is -2.19. The molecule has 0 saturated carbocycles. The number of hydrazine groups is 1. The molecule has 0 amide bonds. The van der Waals surface area contributed by atoms with Crippen molar-refractivity contribution in [2.24, 2.45) is 5.84 Å². The smallest absolute Gasteiger partial charge is 0.148 e. The third kappa shape index (κ3) is 4.33. The molecule has 1 unspecified atom stereocenters. The third-order valence-electron chi connectivity index (χ3n) is 2.77. The predicted molar refractivity (Wildman–Crippen MR) is 78.2 cm³/mol. The van der Waals surface area contributed by atoms with Crippen LogP contribution in [0.25, 0.3) is 0 Å². The van der Waals surface area contributed by atoms with Gasteiger partial charge in [0.1, 0.15) is 17.5 Å². The molecule has 0 aromatic carbocycles. The van der Waals surface area contributed by atoms with E-state index >= 15 is 0 Å². The lowest BCUT2D eigenvalue weighted by atomic mass is 10.2. The molecule has 0 aliphatic carbocycles. The zero-order chi connectivity index (χ0) is 14.4. The van der Waals surface area contributed by atoms with Crippen molar-refractivity contribution >= 4 is 11.6 Å². The van der Waals surface area contributed by atoms with Crippen LogP contribution in [0.4, 0.5) is 11.6 Å². The van der Waals surface area contributed by atoms with Crippen LogP contribution in [0.1, 0.15) is 45.0 Å².